The lowest BCUT2D eigenvalue weighted by molar-refractivity contribution is 0.427. The summed E-state index contributed by atoms with van der Waals surface area (Å²) in [6, 6.07) is 0.213. The molecular weight excluding hydrogens is 190 g/mol. The van der Waals surface area contributed by atoms with Crippen LogP contribution < -0.4 is 11.4 Å². The largest absolute Gasteiger partial charge is 0.328 e. The van der Waals surface area contributed by atoms with E-state index in [-0.39, 0.29) is 17.3 Å². The third-order valence-corrected chi connectivity index (χ3v) is 2.43. The van der Waals surface area contributed by atoms with Crippen LogP contribution in [0.25, 0.3) is 0 Å². The van der Waals surface area contributed by atoms with E-state index in [0.29, 0.717) is 6.54 Å². The van der Waals surface area contributed by atoms with Crippen LogP contribution in [0.1, 0.15) is 40.2 Å². The van der Waals surface area contributed by atoms with Crippen LogP contribution in [0.4, 0.5) is 0 Å². The standard InChI is InChI=1S/C11H21N3O/c1-9(2)14-8-7-13(10(14)15)6-5-11(3,4)12/h7-9H,5-6,12H2,1-4H3. The summed E-state index contributed by atoms with van der Waals surface area (Å²) in [6.45, 7) is 8.62. The first-order chi connectivity index (χ1) is 6.81. The Morgan fingerprint density at radius 2 is 2.00 bits per heavy atom. The van der Waals surface area contributed by atoms with Gasteiger partial charge in [0.05, 0.1) is 0 Å². The van der Waals surface area contributed by atoms with Crippen molar-refractivity contribution in [3.63, 3.8) is 0 Å². The van der Waals surface area contributed by atoms with Crippen LogP contribution in [0, 0.1) is 0 Å². The van der Waals surface area contributed by atoms with Gasteiger partial charge in [0.1, 0.15) is 0 Å². The number of imidazole rings is 1. The van der Waals surface area contributed by atoms with Crippen LogP contribution in [0.2, 0.25) is 0 Å². The zero-order valence-electron chi connectivity index (χ0n) is 10.0. The van der Waals surface area contributed by atoms with Gasteiger partial charge in [0.2, 0.25) is 0 Å². The van der Waals surface area contributed by atoms with E-state index in [4.69, 9.17) is 5.73 Å². The van der Waals surface area contributed by atoms with E-state index in [1.54, 1.807) is 9.13 Å². The molecule has 0 bridgehead atoms. The molecule has 1 heterocycles. The molecule has 0 radical (unpaired) electrons. The second-order valence-corrected chi connectivity index (χ2v) is 5.01. The van der Waals surface area contributed by atoms with Gasteiger partial charge in [0, 0.05) is 30.5 Å². The molecule has 0 fully saturated rings. The van der Waals surface area contributed by atoms with E-state index in [9.17, 15) is 4.79 Å². The molecule has 0 aliphatic rings. The van der Waals surface area contributed by atoms with Crippen molar-refractivity contribution in [3.8, 4) is 0 Å². The fourth-order valence-corrected chi connectivity index (χ4v) is 1.40. The minimum atomic E-state index is -0.223. The molecule has 0 saturated heterocycles. The highest BCUT2D eigenvalue weighted by Gasteiger charge is 2.12. The van der Waals surface area contributed by atoms with Crippen molar-refractivity contribution in [2.24, 2.45) is 5.73 Å². The lowest BCUT2D eigenvalue weighted by Crippen LogP contribution is -2.35. The summed E-state index contributed by atoms with van der Waals surface area (Å²) in [6.07, 6.45) is 4.46. The third-order valence-electron chi connectivity index (χ3n) is 2.43. The van der Waals surface area contributed by atoms with Gasteiger partial charge < -0.3 is 5.73 Å². The van der Waals surface area contributed by atoms with Gasteiger partial charge in [0.15, 0.2) is 0 Å². The summed E-state index contributed by atoms with van der Waals surface area (Å²) < 4.78 is 3.44. The van der Waals surface area contributed by atoms with Crippen molar-refractivity contribution in [2.45, 2.75) is 52.2 Å². The Labute approximate surface area is 90.7 Å². The molecule has 0 atom stereocenters. The van der Waals surface area contributed by atoms with Crippen LogP contribution in [0.5, 0.6) is 0 Å². The molecule has 4 heteroatoms. The molecule has 0 saturated carbocycles. The Balaban J connectivity index is 2.76. The van der Waals surface area contributed by atoms with E-state index in [2.05, 4.69) is 0 Å². The molecule has 15 heavy (non-hydrogen) atoms. The quantitative estimate of drug-likeness (QED) is 0.817. The van der Waals surface area contributed by atoms with Crippen molar-refractivity contribution < 1.29 is 0 Å². The molecule has 86 valence electrons. The van der Waals surface area contributed by atoms with Crippen molar-refractivity contribution in [2.75, 3.05) is 0 Å². The molecule has 1 aromatic heterocycles. The molecule has 0 unspecified atom stereocenters. The Morgan fingerprint density at radius 3 is 2.40 bits per heavy atom. The smallest absolute Gasteiger partial charge is 0.325 e. The third kappa shape index (κ3) is 3.23. The molecule has 4 nitrogen and oxygen atoms in total. The number of hydrogen-bond acceptors (Lipinski definition) is 2. The average Bonchev–Trinajstić information content (AvgIpc) is 2.42. The van der Waals surface area contributed by atoms with E-state index >= 15 is 0 Å². The van der Waals surface area contributed by atoms with Gasteiger partial charge in [-0.3, -0.25) is 9.13 Å². The first-order valence-electron chi connectivity index (χ1n) is 5.37. The van der Waals surface area contributed by atoms with Gasteiger partial charge in [-0.1, -0.05) is 0 Å². The second-order valence-electron chi connectivity index (χ2n) is 5.01. The van der Waals surface area contributed by atoms with E-state index < -0.39 is 0 Å². The predicted octanol–water partition coefficient (Wildman–Crippen LogP) is 1.36. The highest BCUT2D eigenvalue weighted by atomic mass is 16.1. The zero-order valence-corrected chi connectivity index (χ0v) is 10.0. The highest BCUT2D eigenvalue weighted by Crippen LogP contribution is 2.05. The molecule has 0 spiro atoms. The maximum atomic E-state index is 11.8. The molecular formula is C11H21N3O. The van der Waals surface area contributed by atoms with Crippen LogP contribution in [-0.2, 0) is 6.54 Å². The SMILES string of the molecule is CC(C)n1ccn(CCC(C)(C)N)c1=O. The molecule has 0 aliphatic heterocycles. The Bertz CT molecular complexity index is 368. The van der Waals surface area contributed by atoms with Crippen LogP contribution in [0.15, 0.2) is 17.2 Å². The monoisotopic (exact) mass is 211 g/mol. The van der Waals surface area contributed by atoms with Gasteiger partial charge in [-0.15, -0.1) is 0 Å². The summed E-state index contributed by atoms with van der Waals surface area (Å²) in [4.78, 5) is 11.8. The van der Waals surface area contributed by atoms with Gasteiger partial charge in [-0.05, 0) is 34.1 Å². The average molecular weight is 211 g/mol. The summed E-state index contributed by atoms with van der Waals surface area (Å²) in [5.74, 6) is 0. The van der Waals surface area contributed by atoms with Crippen LogP contribution in [-0.4, -0.2) is 14.7 Å². The number of nitrogens with zero attached hydrogens (tertiary/aromatic N) is 2. The fourth-order valence-electron chi connectivity index (χ4n) is 1.40. The van der Waals surface area contributed by atoms with Crippen molar-refractivity contribution in [1.29, 1.82) is 0 Å². The second kappa shape index (κ2) is 4.23. The zero-order chi connectivity index (χ0) is 11.6. The molecule has 0 aliphatic carbocycles. The normalized spacial score (nSPS) is 12.4. The summed E-state index contributed by atoms with van der Waals surface area (Å²) in [5, 5.41) is 0. The molecule has 2 N–H and O–H groups in total. The van der Waals surface area contributed by atoms with Gasteiger partial charge in [-0.2, -0.15) is 0 Å². The van der Waals surface area contributed by atoms with Crippen LogP contribution >= 0.6 is 0 Å². The number of nitrogens with two attached hydrogens (primary N) is 1. The molecule has 0 amide bonds. The Hall–Kier alpha value is -1.03. The number of aromatic nitrogens is 2. The van der Waals surface area contributed by atoms with Crippen LogP contribution in [0.3, 0.4) is 0 Å². The van der Waals surface area contributed by atoms with E-state index in [0.717, 1.165) is 6.42 Å². The maximum Gasteiger partial charge on any atom is 0.328 e. The lowest BCUT2D eigenvalue weighted by atomic mass is 10.0. The van der Waals surface area contributed by atoms with Crippen molar-refractivity contribution in [3.05, 3.63) is 22.9 Å². The summed E-state index contributed by atoms with van der Waals surface area (Å²) in [7, 11) is 0. The fraction of sp³-hybridized carbons (Fsp3) is 0.727. The van der Waals surface area contributed by atoms with Gasteiger partial charge >= 0.3 is 5.69 Å². The van der Waals surface area contributed by atoms with E-state index in [1.807, 2.05) is 40.1 Å². The summed E-state index contributed by atoms with van der Waals surface area (Å²) in [5.41, 5.74) is 5.71. The predicted molar refractivity (Wildman–Crippen MR) is 62.0 cm³/mol. The first kappa shape index (κ1) is 12.0. The number of hydrogen-bond donors (Lipinski definition) is 1. The van der Waals surface area contributed by atoms with Crippen molar-refractivity contribution >= 4 is 0 Å². The number of aryl methyl sites for hydroxylation is 1. The lowest BCUT2D eigenvalue weighted by Gasteiger charge is -2.17. The molecule has 1 rings (SSSR count). The number of rotatable bonds is 4. The van der Waals surface area contributed by atoms with Gasteiger partial charge in [0.25, 0.3) is 0 Å². The van der Waals surface area contributed by atoms with Crippen molar-refractivity contribution in [1.82, 2.24) is 9.13 Å². The van der Waals surface area contributed by atoms with E-state index in [1.165, 1.54) is 0 Å². The summed E-state index contributed by atoms with van der Waals surface area (Å²) >= 11 is 0. The van der Waals surface area contributed by atoms with Gasteiger partial charge in [-0.25, -0.2) is 4.79 Å². The molecule has 1 aromatic rings. The minimum absolute atomic E-state index is 0.0502. The Kier molecular flexibility index (Phi) is 3.39. The minimum Gasteiger partial charge on any atom is -0.325 e. The topological polar surface area (TPSA) is 52.9 Å². The first-order valence-corrected chi connectivity index (χ1v) is 5.37. The molecule has 0 aromatic carbocycles. The maximum absolute atomic E-state index is 11.8. The highest BCUT2D eigenvalue weighted by molar-refractivity contribution is 4.85. The Morgan fingerprint density at radius 1 is 1.40 bits per heavy atom.